The van der Waals surface area contributed by atoms with Crippen LogP contribution in [0.1, 0.15) is 17.2 Å². The average molecular weight is 383 g/mol. The first-order valence-electron chi connectivity index (χ1n) is 8.83. The summed E-state index contributed by atoms with van der Waals surface area (Å²) in [6.07, 6.45) is 3.20. The van der Waals surface area contributed by atoms with Crippen molar-refractivity contribution in [2.45, 2.75) is 17.9 Å². The molecule has 140 valence electrons. The summed E-state index contributed by atoms with van der Waals surface area (Å²) in [5, 5.41) is 4.19. The molecule has 7 heteroatoms. The lowest BCUT2D eigenvalue weighted by molar-refractivity contribution is -0.00256. The fraction of sp³-hybridized carbons (Fsp3) is 0.250. The third kappa shape index (κ3) is 3.53. The molecule has 1 unspecified atom stereocenters. The van der Waals surface area contributed by atoms with E-state index in [1.54, 1.807) is 29.2 Å². The standard InChI is InChI=1S/C20H21N3O3S/c1-16-8-9-18(23-11-5-10-21-23)14-20(16)27(24,25)22-12-13-26-19(15-22)17-6-3-2-4-7-17/h2-11,14,19H,12-13,15H2,1H3. The fourth-order valence-corrected chi connectivity index (χ4v) is 4.95. The van der Waals surface area contributed by atoms with Crippen LogP contribution in [0.5, 0.6) is 0 Å². The molecule has 1 saturated heterocycles. The molecule has 0 spiro atoms. The Morgan fingerprint density at radius 2 is 1.93 bits per heavy atom. The minimum Gasteiger partial charge on any atom is -0.371 e. The molecule has 2 aromatic carbocycles. The van der Waals surface area contributed by atoms with Crippen molar-refractivity contribution in [3.05, 3.63) is 78.1 Å². The monoisotopic (exact) mass is 383 g/mol. The second-order valence-electron chi connectivity index (χ2n) is 6.53. The van der Waals surface area contributed by atoms with Gasteiger partial charge in [-0.1, -0.05) is 36.4 Å². The number of ether oxygens (including phenoxy) is 1. The van der Waals surface area contributed by atoms with Gasteiger partial charge >= 0.3 is 0 Å². The summed E-state index contributed by atoms with van der Waals surface area (Å²) in [7, 11) is -3.63. The summed E-state index contributed by atoms with van der Waals surface area (Å²) in [6, 6.07) is 16.9. The molecule has 1 atom stereocenters. The van der Waals surface area contributed by atoms with Crippen LogP contribution < -0.4 is 0 Å². The third-order valence-electron chi connectivity index (χ3n) is 4.76. The normalized spacial score (nSPS) is 18.5. The van der Waals surface area contributed by atoms with Gasteiger partial charge in [-0.25, -0.2) is 13.1 Å². The first kappa shape index (κ1) is 17.9. The average Bonchev–Trinajstić information content (AvgIpc) is 3.24. The number of aromatic nitrogens is 2. The van der Waals surface area contributed by atoms with E-state index in [1.165, 1.54) is 4.31 Å². The number of morpholine rings is 1. The fourth-order valence-electron chi connectivity index (χ4n) is 3.28. The molecule has 0 aliphatic carbocycles. The summed E-state index contributed by atoms with van der Waals surface area (Å²) < 4.78 is 35.7. The molecule has 0 bridgehead atoms. The van der Waals surface area contributed by atoms with Crippen LogP contribution >= 0.6 is 0 Å². The molecule has 27 heavy (non-hydrogen) atoms. The Morgan fingerprint density at radius 3 is 2.67 bits per heavy atom. The highest BCUT2D eigenvalue weighted by atomic mass is 32.2. The Bertz CT molecular complexity index is 1020. The van der Waals surface area contributed by atoms with Crippen molar-refractivity contribution in [2.24, 2.45) is 0 Å². The smallest absolute Gasteiger partial charge is 0.243 e. The molecular formula is C20H21N3O3S. The van der Waals surface area contributed by atoms with Crippen LogP contribution in [0.2, 0.25) is 0 Å². The lowest BCUT2D eigenvalue weighted by atomic mass is 10.1. The maximum Gasteiger partial charge on any atom is 0.243 e. The summed E-state index contributed by atoms with van der Waals surface area (Å²) in [5.74, 6) is 0. The van der Waals surface area contributed by atoms with Crippen LogP contribution in [0.25, 0.3) is 5.69 Å². The second kappa shape index (κ2) is 7.26. The minimum absolute atomic E-state index is 0.260. The van der Waals surface area contributed by atoms with Gasteiger partial charge in [0.1, 0.15) is 0 Å². The van der Waals surface area contributed by atoms with Gasteiger partial charge in [-0.05, 0) is 36.2 Å². The predicted molar refractivity (Wildman–Crippen MR) is 102 cm³/mol. The molecule has 3 aromatic rings. The predicted octanol–water partition coefficient (Wildman–Crippen LogP) is 2.94. The number of aryl methyl sites for hydroxylation is 1. The van der Waals surface area contributed by atoms with Crippen molar-refractivity contribution in [3.8, 4) is 5.69 Å². The zero-order chi connectivity index (χ0) is 18.9. The molecule has 0 amide bonds. The Labute approximate surface area is 159 Å². The van der Waals surface area contributed by atoms with E-state index in [9.17, 15) is 8.42 Å². The van der Waals surface area contributed by atoms with Crippen LogP contribution in [-0.4, -0.2) is 42.2 Å². The largest absolute Gasteiger partial charge is 0.371 e. The van der Waals surface area contributed by atoms with Crippen molar-refractivity contribution in [2.75, 3.05) is 19.7 Å². The third-order valence-corrected chi connectivity index (χ3v) is 6.77. The Balaban J connectivity index is 1.66. The van der Waals surface area contributed by atoms with E-state index in [1.807, 2.05) is 49.4 Å². The molecule has 1 aromatic heterocycles. The van der Waals surface area contributed by atoms with Crippen molar-refractivity contribution >= 4 is 10.0 Å². The van der Waals surface area contributed by atoms with Gasteiger partial charge in [-0.15, -0.1) is 0 Å². The SMILES string of the molecule is Cc1ccc(-n2cccn2)cc1S(=O)(=O)N1CCOC(c2ccccc2)C1. The maximum atomic E-state index is 13.3. The summed E-state index contributed by atoms with van der Waals surface area (Å²) in [5.41, 5.74) is 2.42. The molecule has 1 aliphatic rings. The molecule has 1 fully saturated rings. The molecule has 0 saturated carbocycles. The van der Waals surface area contributed by atoms with Gasteiger partial charge in [0.15, 0.2) is 0 Å². The Hall–Kier alpha value is -2.48. The van der Waals surface area contributed by atoms with Crippen molar-refractivity contribution < 1.29 is 13.2 Å². The number of hydrogen-bond acceptors (Lipinski definition) is 4. The van der Waals surface area contributed by atoms with Crippen LogP contribution in [-0.2, 0) is 14.8 Å². The molecule has 0 radical (unpaired) electrons. The van der Waals surface area contributed by atoms with Crippen LogP contribution in [0.15, 0.2) is 71.9 Å². The van der Waals surface area contributed by atoms with Gasteiger partial charge in [0, 0.05) is 25.5 Å². The van der Waals surface area contributed by atoms with Crippen molar-refractivity contribution in [1.29, 1.82) is 0 Å². The van der Waals surface area contributed by atoms with Crippen molar-refractivity contribution in [1.82, 2.24) is 14.1 Å². The number of sulfonamides is 1. The van der Waals surface area contributed by atoms with Crippen LogP contribution in [0, 0.1) is 6.92 Å². The van der Waals surface area contributed by atoms with Gasteiger partial charge in [0.2, 0.25) is 10.0 Å². The zero-order valence-electron chi connectivity index (χ0n) is 15.0. The highest BCUT2D eigenvalue weighted by Crippen LogP contribution is 2.28. The molecular weight excluding hydrogens is 362 g/mol. The van der Waals surface area contributed by atoms with Crippen LogP contribution in [0.4, 0.5) is 0 Å². The number of hydrogen-bond donors (Lipinski definition) is 0. The molecule has 4 rings (SSSR count). The highest BCUT2D eigenvalue weighted by molar-refractivity contribution is 7.89. The van der Waals surface area contributed by atoms with Crippen LogP contribution in [0.3, 0.4) is 0 Å². The molecule has 1 aliphatic heterocycles. The molecule has 0 N–H and O–H groups in total. The zero-order valence-corrected chi connectivity index (χ0v) is 15.8. The number of benzene rings is 2. The Kier molecular flexibility index (Phi) is 4.82. The van der Waals surface area contributed by atoms with Gasteiger partial charge in [-0.2, -0.15) is 9.40 Å². The first-order valence-corrected chi connectivity index (χ1v) is 10.3. The lowest BCUT2D eigenvalue weighted by Gasteiger charge is -2.32. The lowest BCUT2D eigenvalue weighted by Crippen LogP contribution is -2.42. The second-order valence-corrected chi connectivity index (χ2v) is 8.44. The number of rotatable bonds is 4. The quantitative estimate of drug-likeness (QED) is 0.695. The first-order chi connectivity index (χ1) is 13.1. The Morgan fingerprint density at radius 1 is 1.11 bits per heavy atom. The van der Waals surface area contributed by atoms with Gasteiger partial charge < -0.3 is 4.74 Å². The van der Waals surface area contributed by atoms with E-state index in [2.05, 4.69) is 5.10 Å². The van der Waals surface area contributed by atoms with E-state index < -0.39 is 10.0 Å². The van der Waals surface area contributed by atoms with E-state index in [0.29, 0.717) is 30.2 Å². The maximum absolute atomic E-state index is 13.3. The van der Waals surface area contributed by atoms with Gasteiger partial charge in [-0.3, -0.25) is 0 Å². The topological polar surface area (TPSA) is 64.4 Å². The molecule has 2 heterocycles. The van der Waals surface area contributed by atoms with E-state index in [-0.39, 0.29) is 6.10 Å². The van der Waals surface area contributed by atoms with Gasteiger partial charge in [0.05, 0.1) is 23.3 Å². The number of nitrogens with zero attached hydrogens (tertiary/aromatic N) is 3. The highest BCUT2D eigenvalue weighted by Gasteiger charge is 2.32. The summed E-state index contributed by atoms with van der Waals surface area (Å²) in [4.78, 5) is 0.309. The van der Waals surface area contributed by atoms with Gasteiger partial charge in [0.25, 0.3) is 0 Å². The van der Waals surface area contributed by atoms with Crippen molar-refractivity contribution in [3.63, 3.8) is 0 Å². The van der Waals surface area contributed by atoms with E-state index in [0.717, 1.165) is 11.3 Å². The molecule has 6 nitrogen and oxygen atoms in total. The minimum atomic E-state index is -3.63. The summed E-state index contributed by atoms with van der Waals surface area (Å²) >= 11 is 0. The van der Waals surface area contributed by atoms with E-state index >= 15 is 0 Å². The van der Waals surface area contributed by atoms with E-state index in [4.69, 9.17) is 4.74 Å². The summed E-state index contributed by atoms with van der Waals surface area (Å²) in [6.45, 7) is 2.83.